The molecule has 0 spiro atoms. The number of nitrogens with zero attached hydrogens (tertiary/aromatic N) is 3. The molecular weight excluding hydrogens is 278 g/mol. The topological polar surface area (TPSA) is 85.8 Å². The number of carbonyl (C=O) groups excluding carboxylic acids is 1. The summed E-state index contributed by atoms with van der Waals surface area (Å²) in [6.45, 7) is 1.98. The molecule has 1 aromatic heterocycles. The van der Waals surface area contributed by atoms with Gasteiger partial charge in [-0.1, -0.05) is 31.0 Å². The monoisotopic (exact) mass is 293 g/mol. The van der Waals surface area contributed by atoms with Gasteiger partial charge < -0.3 is 11.1 Å². The van der Waals surface area contributed by atoms with Crippen LogP contribution in [-0.4, -0.2) is 26.7 Å². The maximum Gasteiger partial charge on any atom is 0.241 e. The molecule has 0 fully saturated rings. The Morgan fingerprint density at radius 2 is 2.35 bits per heavy atom. The molecule has 1 unspecified atom stereocenters. The van der Waals surface area contributed by atoms with E-state index in [1.165, 1.54) is 17.3 Å². The zero-order chi connectivity index (χ0) is 14.5. The number of anilines is 1. The van der Waals surface area contributed by atoms with Gasteiger partial charge in [-0.2, -0.15) is 5.10 Å². The van der Waals surface area contributed by atoms with Gasteiger partial charge in [0.15, 0.2) is 0 Å². The Bertz CT molecular complexity index is 584. The van der Waals surface area contributed by atoms with E-state index >= 15 is 0 Å². The van der Waals surface area contributed by atoms with E-state index < -0.39 is 6.04 Å². The largest absolute Gasteiger partial charge is 0.323 e. The second kappa shape index (κ2) is 6.49. The van der Waals surface area contributed by atoms with Crippen molar-refractivity contribution in [3.63, 3.8) is 0 Å². The molecule has 3 N–H and O–H groups in total. The van der Waals surface area contributed by atoms with Gasteiger partial charge in [-0.15, -0.1) is 0 Å². The van der Waals surface area contributed by atoms with Gasteiger partial charge in [0.2, 0.25) is 5.91 Å². The summed E-state index contributed by atoms with van der Waals surface area (Å²) in [4.78, 5) is 15.9. The highest BCUT2D eigenvalue weighted by atomic mass is 35.5. The highest BCUT2D eigenvalue weighted by Crippen LogP contribution is 2.27. The minimum atomic E-state index is -0.539. The number of carbonyl (C=O) groups is 1. The fourth-order valence-electron chi connectivity index (χ4n) is 1.84. The Morgan fingerprint density at radius 1 is 1.55 bits per heavy atom. The van der Waals surface area contributed by atoms with E-state index in [0.717, 1.165) is 6.42 Å². The number of amides is 1. The van der Waals surface area contributed by atoms with Crippen LogP contribution in [0.1, 0.15) is 19.8 Å². The molecule has 0 aliphatic rings. The predicted octanol–water partition coefficient (Wildman–Crippen LogP) is 1.99. The molecule has 0 radical (unpaired) electrons. The number of benzene rings is 1. The summed E-state index contributed by atoms with van der Waals surface area (Å²) in [5, 5.41) is 7.29. The first-order valence-electron chi connectivity index (χ1n) is 6.33. The number of hydrogen-bond acceptors (Lipinski definition) is 4. The lowest BCUT2D eigenvalue weighted by Gasteiger charge is -2.15. The van der Waals surface area contributed by atoms with Crippen LogP contribution in [-0.2, 0) is 4.79 Å². The molecule has 0 bridgehead atoms. The average molecular weight is 294 g/mol. The van der Waals surface area contributed by atoms with Crippen LogP contribution < -0.4 is 11.1 Å². The van der Waals surface area contributed by atoms with Gasteiger partial charge in [-0.25, -0.2) is 9.67 Å². The van der Waals surface area contributed by atoms with Crippen LogP contribution in [0.25, 0.3) is 5.69 Å². The van der Waals surface area contributed by atoms with Crippen LogP contribution in [0.2, 0.25) is 5.02 Å². The molecule has 7 heteroatoms. The molecule has 0 aliphatic heterocycles. The standard InChI is InChI=1S/C13H16ClN5O/c1-2-4-10(15)13(20)18-11-6-3-5-9(14)12(11)19-8-16-7-17-19/h3,5-8,10H,2,4,15H2,1H3,(H,18,20). The molecule has 0 aliphatic carbocycles. The molecule has 20 heavy (non-hydrogen) atoms. The molecule has 1 heterocycles. The van der Waals surface area contributed by atoms with Crippen LogP contribution in [0, 0.1) is 0 Å². The van der Waals surface area contributed by atoms with Crippen molar-refractivity contribution in [3.8, 4) is 5.69 Å². The first-order valence-corrected chi connectivity index (χ1v) is 6.71. The Kier molecular flexibility index (Phi) is 4.70. The van der Waals surface area contributed by atoms with Crippen molar-refractivity contribution in [3.05, 3.63) is 35.9 Å². The van der Waals surface area contributed by atoms with Gasteiger partial charge >= 0.3 is 0 Å². The Labute approximate surface area is 121 Å². The van der Waals surface area contributed by atoms with Crippen molar-refractivity contribution in [1.29, 1.82) is 0 Å². The fraction of sp³-hybridized carbons (Fsp3) is 0.308. The number of rotatable bonds is 5. The van der Waals surface area contributed by atoms with Crippen LogP contribution in [0.4, 0.5) is 5.69 Å². The molecule has 2 aromatic rings. The van der Waals surface area contributed by atoms with Crippen LogP contribution >= 0.6 is 11.6 Å². The first kappa shape index (κ1) is 14.5. The Morgan fingerprint density at radius 3 is 3.00 bits per heavy atom. The van der Waals surface area contributed by atoms with E-state index in [1.54, 1.807) is 18.2 Å². The highest BCUT2D eigenvalue weighted by molar-refractivity contribution is 6.33. The smallest absolute Gasteiger partial charge is 0.241 e. The van der Waals surface area contributed by atoms with Crippen LogP contribution in [0.15, 0.2) is 30.9 Å². The number of halogens is 1. The lowest BCUT2D eigenvalue weighted by Crippen LogP contribution is -2.35. The van der Waals surface area contributed by atoms with Crippen molar-refractivity contribution in [1.82, 2.24) is 14.8 Å². The Hall–Kier alpha value is -1.92. The minimum absolute atomic E-state index is 0.240. The Balaban J connectivity index is 2.29. The summed E-state index contributed by atoms with van der Waals surface area (Å²) in [6.07, 6.45) is 4.39. The number of nitrogens with two attached hydrogens (primary N) is 1. The summed E-state index contributed by atoms with van der Waals surface area (Å²) < 4.78 is 1.50. The van der Waals surface area contributed by atoms with Gasteiger partial charge in [-0.05, 0) is 18.6 Å². The summed E-state index contributed by atoms with van der Waals surface area (Å²) in [5.74, 6) is -0.240. The van der Waals surface area contributed by atoms with E-state index in [2.05, 4.69) is 15.4 Å². The minimum Gasteiger partial charge on any atom is -0.323 e. The molecule has 106 valence electrons. The third-order valence-electron chi connectivity index (χ3n) is 2.83. The van der Waals surface area contributed by atoms with Crippen molar-refractivity contribution in [2.24, 2.45) is 5.73 Å². The fourth-order valence-corrected chi connectivity index (χ4v) is 2.10. The van der Waals surface area contributed by atoms with E-state index in [4.69, 9.17) is 17.3 Å². The van der Waals surface area contributed by atoms with E-state index in [-0.39, 0.29) is 5.91 Å². The van der Waals surface area contributed by atoms with Gasteiger partial charge in [0.05, 0.1) is 16.8 Å². The summed E-state index contributed by atoms with van der Waals surface area (Å²) in [5.41, 5.74) is 6.93. The van der Waals surface area contributed by atoms with Crippen molar-refractivity contribution in [2.75, 3.05) is 5.32 Å². The van der Waals surface area contributed by atoms with Gasteiger partial charge in [0.25, 0.3) is 0 Å². The van der Waals surface area contributed by atoms with Crippen molar-refractivity contribution < 1.29 is 4.79 Å². The van der Waals surface area contributed by atoms with Crippen LogP contribution in [0.3, 0.4) is 0 Å². The number of aromatic nitrogens is 3. The number of nitrogens with one attached hydrogen (secondary N) is 1. The quantitative estimate of drug-likeness (QED) is 0.882. The van der Waals surface area contributed by atoms with Gasteiger partial charge in [-0.3, -0.25) is 4.79 Å². The van der Waals surface area contributed by atoms with E-state index in [1.807, 2.05) is 6.92 Å². The van der Waals surface area contributed by atoms with Crippen molar-refractivity contribution in [2.45, 2.75) is 25.8 Å². The van der Waals surface area contributed by atoms with E-state index in [9.17, 15) is 4.79 Å². The number of para-hydroxylation sites is 1. The molecule has 2 rings (SSSR count). The second-order valence-electron chi connectivity index (χ2n) is 4.36. The lowest BCUT2D eigenvalue weighted by molar-refractivity contribution is -0.117. The van der Waals surface area contributed by atoms with Gasteiger partial charge in [0.1, 0.15) is 18.3 Å². The summed E-state index contributed by atoms with van der Waals surface area (Å²) in [7, 11) is 0. The lowest BCUT2D eigenvalue weighted by atomic mass is 10.1. The van der Waals surface area contributed by atoms with Crippen molar-refractivity contribution >= 4 is 23.2 Å². The third kappa shape index (κ3) is 3.15. The molecular formula is C13H16ClN5O. The zero-order valence-corrected chi connectivity index (χ0v) is 11.8. The molecule has 1 aromatic carbocycles. The second-order valence-corrected chi connectivity index (χ2v) is 4.77. The summed E-state index contributed by atoms with van der Waals surface area (Å²) in [6, 6.07) is 4.69. The maximum atomic E-state index is 12.0. The molecule has 6 nitrogen and oxygen atoms in total. The highest BCUT2D eigenvalue weighted by Gasteiger charge is 2.16. The summed E-state index contributed by atoms with van der Waals surface area (Å²) >= 11 is 6.17. The zero-order valence-electron chi connectivity index (χ0n) is 11.1. The molecule has 1 atom stereocenters. The molecule has 0 saturated carbocycles. The molecule has 1 amide bonds. The normalized spacial score (nSPS) is 12.2. The molecule has 0 saturated heterocycles. The predicted molar refractivity (Wildman–Crippen MR) is 77.9 cm³/mol. The maximum absolute atomic E-state index is 12.0. The first-order chi connectivity index (χ1) is 9.63. The third-order valence-corrected chi connectivity index (χ3v) is 3.13. The SMILES string of the molecule is CCCC(N)C(=O)Nc1cccc(Cl)c1-n1cncn1. The van der Waals surface area contributed by atoms with Crippen LogP contribution in [0.5, 0.6) is 0 Å². The average Bonchev–Trinajstić information content (AvgIpc) is 2.92. The van der Waals surface area contributed by atoms with Gasteiger partial charge in [0, 0.05) is 0 Å². The number of hydrogen-bond donors (Lipinski definition) is 2. The van der Waals surface area contributed by atoms with E-state index in [0.29, 0.717) is 22.8 Å².